The van der Waals surface area contributed by atoms with Crippen LogP contribution in [0.25, 0.3) is 23.1 Å². The zero-order valence-corrected chi connectivity index (χ0v) is 11.2. The van der Waals surface area contributed by atoms with Gasteiger partial charge in [-0.15, -0.1) is 0 Å². The van der Waals surface area contributed by atoms with Crippen LogP contribution in [-0.4, -0.2) is 4.98 Å². The summed E-state index contributed by atoms with van der Waals surface area (Å²) in [7, 11) is 0. The maximum absolute atomic E-state index is 11.8. The smallest absolute Gasteiger partial charge is 0.284 e. The van der Waals surface area contributed by atoms with Crippen LogP contribution in [0, 0.1) is 0 Å². The second-order valence-electron chi connectivity index (χ2n) is 4.21. The summed E-state index contributed by atoms with van der Waals surface area (Å²) in [5, 5.41) is 1.11. The average Bonchev–Trinajstić information content (AvgIpc) is 2.46. The average molecular weight is 284 g/mol. The molecule has 0 radical (unpaired) electrons. The van der Waals surface area contributed by atoms with Crippen LogP contribution in [0.5, 0.6) is 0 Å². The minimum absolute atomic E-state index is 0.258. The summed E-state index contributed by atoms with van der Waals surface area (Å²) >= 11 is 6.05. The molecule has 0 aliphatic carbocycles. The first-order chi connectivity index (χ1) is 9.74. The third-order valence-electron chi connectivity index (χ3n) is 2.85. The second-order valence-corrected chi connectivity index (χ2v) is 4.62. The first kappa shape index (κ1) is 12.6. The maximum Gasteiger partial charge on any atom is 0.284 e. The van der Waals surface area contributed by atoms with E-state index in [0.717, 1.165) is 5.56 Å². The van der Waals surface area contributed by atoms with Crippen molar-refractivity contribution in [1.82, 2.24) is 4.98 Å². The number of aromatic nitrogens is 1. The largest absolute Gasteiger partial charge is 0.438 e. The van der Waals surface area contributed by atoms with Crippen molar-refractivity contribution < 1.29 is 4.42 Å². The topological polar surface area (TPSA) is 43.1 Å². The van der Waals surface area contributed by atoms with Gasteiger partial charge in [-0.25, -0.2) is 0 Å². The summed E-state index contributed by atoms with van der Waals surface area (Å²) in [5.74, 6) is 0.258. The fourth-order valence-electron chi connectivity index (χ4n) is 1.87. The monoisotopic (exact) mass is 283 g/mol. The molecule has 3 aromatic rings. The van der Waals surface area contributed by atoms with Gasteiger partial charge in [-0.1, -0.05) is 41.9 Å². The molecule has 0 unspecified atom stereocenters. The predicted molar refractivity (Wildman–Crippen MR) is 80.7 cm³/mol. The zero-order valence-electron chi connectivity index (χ0n) is 10.4. The molecule has 0 spiro atoms. The normalized spacial score (nSPS) is 11.2. The molecule has 0 aliphatic heterocycles. The summed E-state index contributed by atoms with van der Waals surface area (Å²) in [6, 6.07) is 14.4. The molecule has 4 heteroatoms. The highest BCUT2D eigenvalue weighted by molar-refractivity contribution is 6.32. The first-order valence-electron chi connectivity index (χ1n) is 6.06. The molecule has 1 heterocycles. The molecular formula is C16H10ClNO2. The number of halogens is 1. The van der Waals surface area contributed by atoms with E-state index in [9.17, 15) is 4.79 Å². The first-order valence-corrected chi connectivity index (χ1v) is 6.44. The van der Waals surface area contributed by atoms with Crippen LogP contribution in [0.3, 0.4) is 0 Å². The highest BCUT2D eigenvalue weighted by atomic mass is 35.5. The van der Waals surface area contributed by atoms with Crippen molar-refractivity contribution in [3.05, 3.63) is 75.4 Å². The van der Waals surface area contributed by atoms with Gasteiger partial charge in [0.15, 0.2) is 0 Å². The van der Waals surface area contributed by atoms with Gasteiger partial charge in [-0.05, 0) is 29.8 Å². The third kappa shape index (κ3) is 2.49. The van der Waals surface area contributed by atoms with E-state index in [2.05, 4.69) is 4.98 Å². The van der Waals surface area contributed by atoms with E-state index in [1.165, 1.54) is 0 Å². The van der Waals surface area contributed by atoms with Gasteiger partial charge in [0.05, 0.1) is 5.39 Å². The third-order valence-corrected chi connectivity index (χ3v) is 3.20. The van der Waals surface area contributed by atoms with E-state index in [1.54, 1.807) is 36.4 Å². The number of benzene rings is 2. The molecule has 0 atom stereocenters. The molecule has 3 rings (SSSR count). The van der Waals surface area contributed by atoms with Crippen LogP contribution >= 0.6 is 11.6 Å². The lowest BCUT2D eigenvalue weighted by Crippen LogP contribution is -2.06. The molecule has 1 aromatic heterocycles. The molecule has 3 nitrogen and oxygen atoms in total. The SMILES string of the molecule is O=c1nc(C=Cc2ccccc2Cl)oc2ccccc12. The van der Waals surface area contributed by atoms with Gasteiger partial charge in [-0.2, -0.15) is 4.98 Å². The van der Waals surface area contributed by atoms with E-state index in [0.29, 0.717) is 16.0 Å². The molecule has 0 saturated carbocycles. The Balaban J connectivity index is 2.04. The van der Waals surface area contributed by atoms with Gasteiger partial charge in [0.25, 0.3) is 5.56 Å². The van der Waals surface area contributed by atoms with Crippen LogP contribution in [0.2, 0.25) is 5.02 Å². The Bertz CT molecular complexity index is 852. The number of fused-ring (bicyclic) bond motifs is 1. The lowest BCUT2D eigenvalue weighted by Gasteiger charge is -1.98. The van der Waals surface area contributed by atoms with Gasteiger partial charge >= 0.3 is 0 Å². The molecular weight excluding hydrogens is 274 g/mol. The van der Waals surface area contributed by atoms with Crippen molar-refractivity contribution in [2.75, 3.05) is 0 Å². The van der Waals surface area contributed by atoms with Gasteiger partial charge in [0, 0.05) is 11.1 Å². The van der Waals surface area contributed by atoms with E-state index in [4.69, 9.17) is 16.0 Å². The standard InChI is InChI=1S/C16H10ClNO2/c17-13-7-3-1-5-11(13)9-10-15-18-16(19)12-6-2-4-8-14(12)20-15/h1-10H. The summed E-state index contributed by atoms with van der Waals surface area (Å²) < 4.78 is 5.56. The van der Waals surface area contributed by atoms with E-state index >= 15 is 0 Å². The second kappa shape index (κ2) is 5.31. The highest BCUT2D eigenvalue weighted by Crippen LogP contribution is 2.18. The molecule has 0 N–H and O–H groups in total. The molecule has 2 aromatic carbocycles. The zero-order chi connectivity index (χ0) is 13.9. The predicted octanol–water partition coefficient (Wildman–Crippen LogP) is 4.01. The maximum atomic E-state index is 11.8. The molecule has 98 valence electrons. The van der Waals surface area contributed by atoms with Crippen molar-refractivity contribution in [2.45, 2.75) is 0 Å². The number of hydrogen-bond donors (Lipinski definition) is 0. The quantitative estimate of drug-likeness (QED) is 0.713. The summed E-state index contributed by atoms with van der Waals surface area (Å²) in [6.07, 6.45) is 3.40. The Morgan fingerprint density at radius 3 is 2.60 bits per heavy atom. The van der Waals surface area contributed by atoms with Crippen molar-refractivity contribution in [2.24, 2.45) is 0 Å². The molecule has 0 amide bonds. The van der Waals surface area contributed by atoms with Gasteiger partial charge in [0.1, 0.15) is 5.58 Å². The van der Waals surface area contributed by atoms with Crippen molar-refractivity contribution >= 4 is 34.7 Å². The summed E-state index contributed by atoms with van der Waals surface area (Å²) in [4.78, 5) is 15.7. The van der Waals surface area contributed by atoms with Crippen LogP contribution in [0.1, 0.15) is 11.5 Å². The Morgan fingerprint density at radius 2 is 1.75 bits per heavy atom. The van der Waals surface area contributed by atoms with Gasteiger partial charge < -0.3 is 4.42 Å². The molecule has 0 fully saturated rings. The number of hydrogen-bond acceptors (Lipinski definition) is 3. The lowest BCUT2D eigenvalue weighted by atomic mass is 10.2. The highest BCUT2D eigenvalue weighted by Gasteiger charge is 2.03. The number of rotatable bonds is 2. The number of nitrogens with zero attached hydrogens (tertiary/aromatic N) is 1. The van der Waals surface area contributed by atoms with Crippen LogP contribution < -0.4 is 5.56 Å². The molecule has 0 aliphatic rings. The fourth-order valence-corrected chi connectivity index (χ4v) is 2.07. The van der Waals surface area contributed by atoms with Crippen LogP contribution in [0.4, 0.5) is 0 Å². The van der Waals surface area contributed by atoms with Crippen LogP contribution in [0.15, 0.2) is 57.7 Å². The van der Waals surface area contributed by atoms with Crippen molar-refractivity contribution in [3.8, 4) is 0 Å². The lowest BCUT2D eigenvalue weighted by molar-refractivity contribution is 0.563. The summed E-state index contributed by atoms with van der Waals surface area (Å²) in [5.41, 5.74) is 1.06. The fraction of sp³-hybridized carbons (Fsp3) is 0. The Kier molecular flexibility index (Phi) is 3.35. The van der Waals surface area contributed by atoms with Gasteiger partial charge in [-0.3, -0.25) is 4.79 Å². The van der Waals surface area contributed by atoms with Crippen molar-refractivity contribution in [1.29, 1.82) is 0 Å². The van der Waals surface area contributed by atoms with E-state index < -0.39 is 0 Å². The molecule has 0 saturated heterocycles. The molecule has 20 heavy (non-hydrogen) atoms. The van der Waals surface area contributed by atoms with Crippen LogP contribution in [-0.2, 0) is 0 Å². The van der Waals surface area contributed by atoms with Gasteiger partial charge in [0.2, 0.25) is 5.89 Å². The minimum Gasteiger partial charge on any atom is -0.438 e. The van der Waals surface area contributed by atoms with E-state index in [1.807, 2.05) is 24.3 Å². The summed E-state index contributed by atoms with van der Waals surface area (Å²) in [6.45, 7) is 0. The Hall–Kier alpha value is -2.39. The Labute approximate surface area is 120 Å². The minimum atomic E-state index is -0.300. The van der Waals surface area contributed by atoms with Crippen molar-refractivity contribution in [3.63, 3.8) is 0 Å². The number of para-hydroxylation sites is 1. The Morgan fingerprint density at radius 1 is 1.00 bits per heavy atom. The van der Waals surface area contributed by atoms with E-state index in [-0.39, 0.29) is 11.4 Å². The molecule has 0 bridgehead atoms.